The van der Waals surface area contributed by atoms with Crippen LogP contribution in [0.1, 0.15) is 38.2 Å². The third kappa shape index (κ3) is 7.77. The number of hydrogen-bond acceptors (Lipinski definition) is 6. The number of unbranched alkanes of at least 4 members (excludes halogenated alkanes) is 2. The average Bonchev–Trinajstić information content (AvgIpc) is 3.38. The number of nitrogens with one attached hydrogen (secondary N) is 2. The molecule has 4 aromatic rings. The van der Waals surface area contributed by atoms with Gasteiger partial charge in [-0.15, -0.1) is 0 Å². The summed E-state index contributed by atoms with van der Waals surface area (Å²) in [5, 5.41) is 5.57. The molecule has 0 aliphatic carbocycles. The number of alkyl halides is 3. The number of methoxy groups -OCH3 is 1. The Labute approximate surface area is 234 Å². The molecule has 1 heterocycles. The van der Waals surface area contributed by atoms with Crippen molar-refractivity contribution in [2.24, 2.45) is 0 Å². The van der Waals surface area contributed by atoms with Crippen LogP contribution in [0, 0.1) is 0 Å². The van der Waals surface area contributed by atoms with Gasteiger partial charge < -0.3 is 24.5 Å². The van der Waals surface area contributed by atoms with E-state index in [9.17, 15) is 22.8 Å². The lowest BCUT2D eigenvalue weighted by molar-refractivity contribution is -0.143. The topological polar surface area (TPSA) is 103 Å². The van der Waals surface area contributed by atoms with Crippen molar-refractivity contribution in [2.75, 3.05) is 25.6 Å². The molecule has 41 heavy (non-hydrogen) atoms. The second-order valence-corrected chi connectivity index (χ2v) is 9.19. The van der Waals surface area contributed by atoms with Gasteiger partial charge in [-0.05, 0) is 73.4 Å². The molecule has 0 fully saturated rings. The molecule has 0 aliphatic rings. The highest BCUT2D eigenvalue weighted by atomic mass is 19.4. The maximum atomic E-state index is 12.9. The maximum Gasteiger partial charge on any atom is 0.416 e. The molecule has 1 aromatic heterocycles. The minimum atomic E-state index is -4.40. The van der Waals surface area contributed by atoms with Crippen LogP contribution in [-0.2, 0) is 15.7 Å². The Hall–Kier alpha value is -4.54. The van der Waals surface area contributed by atoms with Crippen molar-refractivity contribution < 1.29 is 36.7 Å². The number of rotatable bonds is 11. The van der Waals surface area contributed by atoms with Gasteiger partial charge in [-0.3, -0.25) is 4.79 Å². The molecule has 0 radical (unpaired) electrons. The predicted octanol–water partition coefficient (Wildman–Crippen LogP) is 7.43. The predicted molar refractivity (Wildman–Crippen MR) is 149 cm³/mol. The Morgan fingerprint density at radius 2 is 1.71 bits per heavy atom. The van der Waals surface area contributed by atoms with Crippen molar-refractivity contribution in [1.29, 1.82) is 0 Å². The fourth-order valence-electron chi connectivity index (χ4n) is 4.21. The van der Waals surface area contributed by atoms with E-state index in [1.165, 1.54) is 19.2 Å². The summed E-state index contributed by atoms with van der Waals surface area (Å²) in [7, 11) is 1.51. The van der Waals surface area contributed by atoms with Crippen LogP contribution in [0.5, 0.6) is 5.75 Å². The van der Waals surface area contributed by atoms with Gasteiger partial charge in [-0.1, -0.05) is 24.6 Å². The van der Waals surface area contributed by atoms with Gasteiger partial charge >= 0.3 is 18.2 Å². The second-order valence-electron chi connectivity index (χ2n) is 9.19. The van der Waals surface area contributed by atoms with E-state index in [4.69, 9.17) is 13.9 Å². The molecule has 0 saturated heterocycles. The molecule has 3 aromatic carbocycles. The number of hydrogen-bond donors (Lipinski definition) is 2. The van der Waals surface area contributed by atoms with Crippen LogP contribution in [0.25, 0.3) is 33.7 Å². The first kappa shape index (κ1) is 29.4. The van der Waals surface area contributed by atoms with Crippen LogP contribution in [0.15, 0.2) is 65.1 Å². The molecular weight excluding hydrogens is 539 g/mol. The average molecular weight is 570 g/mol. The van der Waals surface area contributed by atoms with Crippen molar-refractivity contribution in [3.8, 4) is 28.3 Å². The number of aromatic nitrogens is 1. The summed E-state index contributed by atoms with van der Waals surface area (Å²) in [6, 6.07) is 14.8. The smallest absolute Gasteiger partial charge is 0.416 e. The number of fused-ring (bicyclic) bond motifs is 1. The van der Waals surface area contributed by atoms with Gasteiger partial charge in [0.05, 0.1) is 24.8 Å². The quantitative estimate of drug-likeness (QED) is 0.144. The van der Waals surface area contributed by atoms with E-state index in [1.54, 1.807) is 43.3 Å². The maximum absolute atomic E-state index is 12.9. The number of benzene rings is 3. The Morgan fingerprint density at radius 1 is 0.951 bits per heavy atom. The molecule has 0 spiro atoms. The van der Waals surface area contributed by atoms with Crippen LogP contribution in [-0.4, -0.2) is 37.2 Å². The number of anilines is 1. The molecule has 0 atom stereocenters. The van der Waals surface area contributed by atoms with Crippen molar-refractivity contribution >= 4 is 28.8 Å². The van der Waals surface area contributed by atoms with Crippen molar-refractivity contribution in [2.45, 2.75) is 38.8 Å². The minimum Gasteiger partial charge on any atom is -0.496 e. The molecule has 2 N–H and O–H groups in total. The van der Waals surface area contributed by atoms with Crippen LogP contribution >= 0.6 is 0 Å². The number of nitrogens with zero attached hydrogens (tertiary/aromatic N) is 1. The van der Waals surface area contributed by atoms with Crippen LogP contribution in [0.4, 0.5) is 23.7 Å². The molecule has 0 saturated carbocycles. The fourth-order valence-corrected chi connectivity index (χ4v) is 4.21. The number of halogens is 3. The number of amides is 2. The van der Waals surface area contributed by atoms with Gasteiger partial charge in [0.1, 0.15) is 11.3 Å². The number of esters is 1. The normalized spacial score (nSPS) is 11.3. The van der Waals surface area contributed by atoms with Gasteiger partial charge in [-0.25, -0.2) is 9.78 Å². The number of urea groups is 1. The summed E-state index contributed by atoms with van der Waals surface area (Å²) in [6.07, 6.45) is -1.84. The Morgan fingerprint density at radius 3 is 2.41 bits per heavy atom. The lowest BCUT2D eigenvalue weighted by Crippen LogP contribution is -2.29. The SMILES string of the molecule is CCOC(=O)CCCCCNC(=O)Nc1ccc(OC)c(-c2nc3cc(-c4ccc(C(F)(F)F)cc4)ccc3o2)c1. The highest BCUT2D eigenvalue weighted by Gasteiger charge is 2.30. The van der Waals surface area contributed by atoms with Crippen molar-refractivity contribution in [3.63, 3.8) is 0 Å². The molecule has 8 nitrogen and oxygen atoms in total. The molecule has 11 heteroatoms. The van der Waals surface area contributed by atoms with E-state index in [1.807, 2.05) is 0 Å². The van der Waals surface area contributed by atoms with E-state index in [2.05, 4.69) is 15.6 Å². The molecule has 216 valence electrons. The Balaban J connectivity index is 1.42. The van der Waals surface area contributed by atoms with Crippen LogP contribution < -0.4 is 15.4 Å². The molecule has 2 amide bonds. The minimum absolute atomic E-state index is 0.216. The first-order valence-corrected chi connectivity index (χ1v) is 13.1. The lowest BCUT2D eigenvalue weighted by Gasteiger charge is -2.11. The van der Waals surface area contributed by atoms with Crippen LogP contribution in [0.2, 0.25) is 0 Å². The highest BCUT2D eigenvalue weighted by molar-refractivity contribution is 5.91. The van der Waals surface area contributed by atoms with E-state index in [-0.39, 0.29) is 17.9 Å². The highest BCUT2D eigenvalue weighted by Crippen LogP contribution is 2.36. The van der Waals surface area contributed by atoms with Gasteiger partial charge in [0.25, 0.3) is 0 Å². The molecule has 4 rings (SSSR count). The molecule has 0 aliphatic heterocycles. The monoisotopic (exact) mass is 569 g/mol. The second kappa shape index (κ2) is 13.2. The lowest BCUT2D eigenvalue weighted by atomic mass is 10.0. The van der Waals surface area contributed by atoms with Gasteiger partial charge in [0.2, 0.25) is 5.89 Å². The number of carbonyl (C=O) groups excluding carboxylic acids is 2. The van der Waals surface area contributed by atoms with Crippen LogP contribution in [0.3, 0.4) is 0 Å². The molecular formula is C30H30F3N3O5. The van der Waals surface area contributed by atoms with Gasteiger partial charge in [0, 0.05) is 18.7 Å². The van der Waals surface area contributed by atoms with E-state index in [0.29, 0.717) is 65.2 Å². The van der Waals surface area contributed by atoms with E-state index >= 15 is 0 Å². The summed E-state index contributed by atoms with van der Waals surface area (Å²) in [6.45, 7) is 2.58. The zero-order valence-electron chi connectivity index (χ0n) is 22.6. The largest absolute Gasteiger partial charge is 0.496 e. The van der Waals surface area contributed by atoms with Crippen molar-refractivity contribution in [1.82, 2.24) is 10.3 Å². The summed E-state index contributed by atoms with van der Waals surface area (Å²) in [4.78, 5) is 28.3. The summed E-state index contributed by atoms with van der Waals surface area (Å²) < 4.78 is 55.1. The summed E-state index contributed by atoms with van der Waals surface area (Å²) in [5.41, 5.74) is 2.58. The standard InChI is InChI=1S/C30H30F3N3O5/c1-3-40-27(37)7-5-4-6-16-34-29(38)35-22-13-15-25(39-2)23(18-22)28-36-24-17-20(10-14-26(24)41-28)19-8-11-21(12-9-19)30(31,32)33/h8-15,17-18H,3-7,16H2,1-2H3,(H2,34,35,38). The fraction of sp³-hybridized carbons (Fsp3) is 0.300. The Bertz CT molecular complexity index is 1500. The number of ether oxygens (including phenoxy) is 2. The summed E-state index contributed by atoms with van der Waals surface area (Å²) >= 11 is 0. The number of oxazole rings is 1. The van der Waals surface area contributed by atoms with Gasteiger partial charge in [-0.2, -0.15) is 13.2 Å². The van der Waals surface area contributed by atoms with Crippen molar-refractivity contribution in [3.05, 3.63) is 66.2 Å². The third-order valence-corrected chi connectivity index (χ3v) is 6.27. The first-order chi connectivity index (χ1) is 19.7. The first-order valence-electron chi connectivity index (χ1n) is 13.1. The van der Waals surface area contributed by atoms with E-state index < -0.39 is 11.7 Å². The molecule has 0 unspecified atom stereocenters. The zero-order valence-corrected chi connectivity index (χ0v) is 22.6. The number of carbonyl (C=O) groups is 2. The zero-order chi connectivity index (χ0) is 29.4. The van der Waals surface area contributed by atoms with E-state index in [0.717, 1.165) is 25.0 Å². The summed E-state index contributed by atoms with van der Waals surface area (Å²) in [5.74, 6) is 0.520. The third-order valence-electron chi connectivity index (χ3n) is 6.27. The molecule has 0 bridgehead atoms. The Kier molecular flexibility index (Phi) is 9.49. The van der Waals surface area contributed by atoms with Gasteiger partial charge in [0.15, 0.2) is 5.58 Å².